The van der Waals surface area contributed by atoms with E-state index in [-0.39, 0.29) is 36.4 Å². The Bertz CT molecular complexity index is 757. The van der Waals surface area contributed by atoms with Gasteiger partial charge < -0.3 is 20.2 Å². The molecule has 1 aromatic rings. The fourth-order valence-corrected chi connectivity index (χ4v) is 4.67. The second kappa shape index (κ2) is 9.55. The first-order chi connectivity index (χ1) is 13.9. The molecule has 3 rings (SSSR count). The lowest BCUT2D eigenvalue weighted by Gasteiger charge is -2.54. The van der Waals surface area contributed by atoms with Gasteiger partial charge in [-0.25, -0.2) is 0 Å². The summed E-state index contributed by atoms with van der Waals surface area (Å²) in [4.78, 5) is 27.7. The number of nitrogens with one attached hydrogen (secondary N) is 1. The fraction of sp³-hybridized carbons (Fsp3) is 0.565. The van der Waals surface area contributed by atoms with Crippen molar-refractivity contribution in [3.8, 4) is 0 Å². The number of benzene rings is 1. The average Bonchev–Trinajstić information content (AvgIpc) is 2.67. The predicted octanol–water partition coefficient (Wildman–Crippen LogP) is 2.00. The second-order valence-corrected chi connectivity index (χ2v) is 8.41. The highest BCUT2D eigenvalue weighted by atomic mass is 16.3. The highest BCUT2D eigenvalue weighted by Gasteiger charge is 2.49. The third kappa shape index (κ3) is 4.87. The molecule has 0 bridgehead atoms. The zero-order chi connectivity index (χ0) is 21.0. The van der Waals surface area contributed by atoms with Crippen LogP contribution in [-0.2, 0) is 9.59 Å². The van der Waals surface area contributed by atoms with Crippen molar-refractivity contribution in [3.05, 3.63) is 41.5 Å². The largest absolute Gasteiger partial charge is 0.394 e. The number of rotatable bonds is 7. The molecule has 1 saturated heterocycles. The van der Waals surface area contributed by atoms with Crippen LogP contribution in [0.25, 0.3) is 5.57 Å². The monoisotopic (exact) mass is 399 g/mol. The van der Waals surface area contributed by atoms with E-state index in [9.17, 15) is 14.7 Å². The van der Waals surface area contributed by atoms with Gasteiger partial charge in [-0.15, -0.1) is 0 Å². The van der Waals surface area contributed by atoms with E-state index >= 15 is 0 Å². The minimum absolute atomic E-state index is 0.0120. The van der Waals surface area contributed by atoms with Gasteiger partial charge in [-0.1, -0.05) is 30.3 Å². The van der Waals surface area contributed by atoms with Crippen molar-refractivity contribution in [2.75, 3.05) is 33.8 Å². The summed E-state index contributed by atoms with van der Waals surface area (Å²) in [6, 6.07) is 8.14. The number of aliphatic hydroxyl groups excluding tert-OH is 1. The first kappa shape index (κ1) is 21.5. The fourth-order valence-electron chi connectivity index (χ4n) is 4.67. The van der Waals surface area contributed by atoms with Gasteiger partial charge in [0.1, 0.15) is 0 Å². The predicted molar refractivity (Wildman–Crippen MR) is 114 cm³/mol. The van der Waals surface area contributed by atoms with Gasteiger partial charge in [0.05, 0.1) is 25.2 Å². The number of hydrogen-bond donors (Lipinski definition) is 2. The number of amides is 2. The maximum atomic E-state index is 12.2. The Labute approximate surface area is 173 Å². The molecule has 158 valence electrons. The highest BCUT2D eigenvalue weighted by molar-refractivity contribution is 5.79. The van der Waals surface area contributed by atoms with E-state index in [0.717, 1.165) is 18.4 Å². The maximum Gasteiger partial charge on any atom is 0.234 e. The highest BCUT2D eigenvalue weighted by Crippen LogP contribution is 2.41. The van der Waals surface area contributed by atoms with Crippen LogP contribution in [0.5, 0.6) is 0 Å². The topological polar surface area (TPSA) is 72.9 Å². The number of carbonyl (C=O) groups excluding carboxylic acids is 2. The number of nitrogens with zero attached hydrogens (tertiary/aromatic N) is 2. The molecule has 3 atom stereocenters. The molecule has 1 aliphatic carbocycles. The Balaban J connectivity index is 1.75. The van der Waals surface area contributed by atoms with Crippen molar-refractivity contribution in [2.45, 2.75) is 50.6 Å². The molecule has 0 aromatic heterocycles. The third-order valence-corrected chi connectivity index (χ3v) is 6.02. The van der Waals surface area contributed by atoms with Crippen molar-refractivity contribution in [1.82, 2.24) is 15.1 Å². The first-order valence-electron chi connectivity index (χ1n) is 10.5. The van der Waals surface area contributed by atoms with Crippen molar-refractivity contribution in [1.29, 1.82) is 0 Å². The molecule has 0 radical (unpaired) electrons. The summed E-state index contributed by atoms with van der Waals surface area (Å²) < 4.78 is 0. The molecule has 1 aliphatic heterocycles. The SMILES string of the molecule is CC(=O)N1[C@H](CNC(=O)CN(C)C)[C@H](c2ccc(C3=CCCCC3)cc2)[C@@H]1CO. The second-order valence-electron chi connectivity index (χ2n) is 8.41. The Kier molecular flexibility index (Phi) is 7.09. The van der Waals surface area contributed by atoms with E-state index in [1.165, 1.54) is 30.9 Å². The van der Waals surface area contributed by atoms with Crippen LogP contribution in [0, 0.1) is 0 Å². The summed E-state index contributed by atoms with van der Waals surface area (Å²) in [6.07, 6.45) is 7.11. The van der Waals surface area contributed by atoms with E-state index in [0.29, 0.717) is 13.1 Å². The van der Waals surface area contributed by atoms with Crippen molar-refractivity contribution in [2.24, 2.45) is 0 Å². The van der Waals surface area contributed by atoms with E-state index in [1.54, 1.807) is 4.90 Å². The lowest BCUT2D eigenvalue weighted by atomic mass is 9.74. The summed E-state index contributed by atoms with van der Waals surface area (Å²) in [6.45, 7) is 2.14. The van der Waals surface area contributed by atoms with Gasteiger partial charge in [-0.05, 0) is 56.5 Å². The van der Waals surface area contributed by atoms with Gasteiger partial charge in [0.15, 0.2) is 0 Å². The number of hydrogen-bond acceptors (Lipinski definition) is 4. The van der Waals surface area contributed by atoms with Crippen LogP contribution in [-0.4, -0.2) is 72.6 Å². The number of allylic oxidation sites excluding steroid dienone is 2. The number of aliphatic hydroxyl groups is 1. The lowest BCUT2D eigenvalue weighted by molar-refractivity contribution is -0.148. The number of likely N-dealkylation sites (N-methyl/N-ethyl adjacent to an activating group) is 1. The van der Waals surface area contributed by atoms with Crippen LogP contribution in [0.1, 0.15) is 49.7 Å². The maximum absolute atomic E-state index is 12.2. The van der Waals surface area contributed by atoms with Gasteiger partial charge >= 0.3 is 0 Å². The normalized spacial score (nSPS) is 24.1. The molecule has 6 heteroatoms. The minimum Gasteiger partial charge on any atom is -0.394 e. The van der Waals surface area contributed by atoms with Gasteiger partial charge in [0.2, 0.25) is 11.8 Å². The van der Waals surface area contributed by atoms with Crippen LogP contribution >= 0.6 is 0 Å². The van der Waals surface area contributed by atoms with Crippen molar-refractivity contribution in [3.63, 3.8) is 0 Å². The van der Waals surface area contributed by atoms with Crippen LogP contribution in [0.2, 0.25) is 0 Å². The molecule has 1 fully saturated rings. The summed E-state index contributed by atoms with van der Waals surface area (Å²) in [5.74, 6) is -0.127. The molecular formula is C23H33N3O3. The van der Waals surface area contributed by atoms with Gasteiger partial charge in [-0.3, -0.25) is 9.59 Å². The molecule has 2 amide bonds. The summed E-state index contributed by atoms with van der Waals surface area (Å²) in [5, 5.41) is 12.9. The average molecular weight is 400 g/mol. The molecule has 2 aliphatic rings. The smallest absolute Gasteiger partial charge is 0.234 e. The quantitative estimate of drug-likeness (QED) is 0.736. The van der Waals surface area contributed by atoms with Gasteiger partial charge in [-0.2, -0.15) is 0 Å². The van der Waals surface area contributed by atoms with Crippen LogP contribution in [0.3, 0.4) is 0 Å². The standard InChI is InChI=1S/C23H33N3O3/c1-16(28)26-20(13-24-22(29)14-25(2)3)23(21(26)15-27)19-11-9-18(10-12-19)17-7-5-4-6-8-17/h7,9-12,20-21,23,27H,4-6,8,13-15H2,1-3H3,(H,24,29)/t20-,21+,23+/m1/s1. The van der Waals surface area contributed by atoms with Crippen LogP contribution < -0.4 is 5.32 Å². The molecule has 29 heavy (non-hydrogen) atoms. The molecule has 0 saturated carbocycles. The van der Waals surface area contributed by atoms with E-state index in [1.807, 2.05) is 19.0 Å². The van der Waals surface area contributed by atoms with Crippen molar-refractivity contribution < 1.29 is 14.7 Å². The van der Waals surface area contributed by atoms with Gasteiger partial charge in [0.25, 0.3) is 0 Å². The lowest BCUT2D eigenvalue weighted by Crippen LogP contribution is -2.68. The van der Waals surface area contributed by atoms with Crippen LogP contribution in [0.4, 0.5) is 0 Å². The molecule has 0 unspecified atom stereocenters. The third-order valence-electron chi connectivity index (χ3n) is 6.02. The molecular weight excluding hydrogens is 366 g/mol. The van der Waals surface area contributed by atoms with E-state index in [2.05, 4.69) is 35.7 Å². The van der Waals surface area contributed by atoms with Crippen molar-refractivity contribution >= 4 is 17.4 Å². The Morgan fingerprint density at radius 1 is 1.17 bits per heavy atom. The van der Waals surface area contributed by atoms with E-state index < -0.39 is 0 Å². The Morgan fingerprint density at radius 3 is 2.45 bits per heavy atom. The molecule has 0 spiro atoms. The molecule has 1 aromatic carbocycles. The Hall–Kier alpha value is -2.18. The van der Waals surface area contributed by atoms with E-state index in [4.69, 9.17) is 0 Å². The number of carbonyl (C=O) groups is 2. The summed E-state index contributed by atoms with van der Waals surface area (Å²) in [5.41, 5.74) is 3.77. The Morgan fingerprint density at radius 2 is 1.90 bits per heavy atom. The summed E-state index contributed by atoms with van der Waals surface area (Å²) in [7, 11) is 3.69. The number of likely N-dealkylation sites (tertiary alicyclic amines) is 1. The molecule has 2 N–H and O–H groups in total. The first-order valence-corrected chi connectivity index (χ1v) is 10.5. The minimum atomic E-state index is -0.247. The summed E-state index contributed by atoms with van der Waals surface area (Å²) >= 11 is 0. The zero-order valence-electron chi connectivity index (χ0n) is 17.7. The van der Waals surface area contributed by atoms with Gasteiger partial charge in [0, 0.05) is 19.4 Å². The molecule has 6 nitrogen and oxygen atoms in total. The zero-order valence-corrected chi connectivity index (χ0v) is 17.7. The van der Waals surface area contributed by atoms with Crippen LogP contribution in [0.15, 0.2) is 30.3 Å². The molecule has 1 heterocycles.